The van der Waals surface area contributed by atoms with E-state index in [0.717, 1.165) is 10.9 Å². The van der Waals surface area contributed by atoms with Gasteiger partial charge in [0, 0.05) is 21.0 Å². The predicted molar refractivity (Wildman–Crippen MR) is 123 cm³/mol. The van der Waals surface area contributed by atoms with Crippen LogP contribution in [0.2, 0.25) is 5.02 Å². The maximum atomic E-state index is 13.1. The Bertz CT molecular complexity index is 1120. The van der Waals surface area contributed by atoms with Gasteiger partial charge in [-0.2, -0.15) is 9.78 Å². The molecular weight excluding hydrogens is 454 g/mol. The number of benzene rings is 2. The molecule has 0 aliphatic heterocycles. The molecule has 1 atom stereocenters. The van der Waals surface area contributed by atoms with Gasteiger partial charge < -0.3 is 4.74 Å². The highest BCUT2D eigenvalue weighted by Crippen LogP contribution is 2.24. The molecule has 0 saturated carbocycles. The van der Waals surface area contributed by atoms with Crippen LogP contribution >= 0.6 is 27.5 Å². The van der Waals surface area contributed by atoms with E-state index in [1.54, 1.807) is 24.4 Å². The number of aromatic nitrogens is 2. The SMILES string of the molecule is CC[C@@H](C)Oc1ccc(Cl)cc1C=Nn1c(C(C)C)nc2ccc(Br)cc2c1=O. The highest BCUT2D eigenvalue weighted by atomic mass is 79.9. The highest BCUT2D eigenvalue weighted by molar-refractivity contribution is 9.10. The second kappa shape index (κ2) is 9.09. The molecular formula is C22H23BrClN3O2. The average molecular weight is 477 g/mol. The fraction of sp³-hybridized carbons (Fsp3) is 0.318. The third-order valence-electron chi connectivity index (χ3n) is 4.54. The largest absolute Gasteiger partial charge is 0.490 e. The molecule has 2 aromatic carbocycles. The Hall–Kier alpha value is -2.18. The lowest BCUT2D eigenvalue weighted by molar-refractivity contribution is 0.217. The molecule has 0 aliphatic carbocycles. The Balaban J connectivity index is 2.14. The summed E-state index contributed by atoms with van der Waals surface area (Å²) in [4.78, 5) is 17.8. The summed E-state index contributed by atoms with van der Waals surface area (Å²) < 4.78 is 8.14. The molecule has 0 bridgehead atoms. The first-order chi connectivity index (χ1) is 13.8. The van der Waals surface area contributed by atoms with Crippen LogP contribution in [-0.2, 0) is 0 Å². The zero-order valence-electron chi connectivity index (χ0n) is 16.8. The van der Waals surface area contributed by atoms with Crippen molar-refractivity contribution in [3.05, 3.63) is 67.6 Å². The average Bonchev–Trinajstić information content (AvgIpc) is 2.69. The monoisotopic (exact) mass is 475 g/mol. The third-order valence-corrected chi connectivity index (χ3v) is 5.27. The Kier molecular flexibility index (Phi) is 6.75. The van der Waals surface area contributed by atoms with E-state index in [1.165, 1.54) is 4.68 Å². The van der Waals surface area contributed by atoms with Gasteiger partial charge in [0.15, 0.2) is 0 Å². The summed E-state index contributed by atoms with van der Waals surface area (Å²) in [5.41, 5.74) is 1.13. The fourth-order valence-corrected chi connectivity index (χ4v) is 3.34. The van der Waals surface area contributed by atoms with E-state index in [-0.39, 0.29) is 17.6 Å². The first-order valence-corrected chi connectivity index (χ1v) is 10.7. The lowest BCUT2D eigenvalue weighted by Crippen LogP contribution is -2.23. The van der Waals surface area contributed by atoms with Crippen LogP contribution < -0.4 is 10.3 Å². The number of hydrogen-bond donors (Lipinski definition) is 0. The Labute approximate surface area is 183 Å². The van der Waals surface area contributed by atoms with Crippen LogP contribution in [-0.4, -0.2) is 22.0 Å². The molecule has 7 heteroatoms. The quantitative estimate of drug-likeness (QED) is 0.410. The molecule has 0 saturated heterocycles. The summed E-state index contributed by atoms with van der Waals surface area (Å²) in [7, 11) is 0. The van der Waals surface area contributed by atoms with E-state index in [1.807, 2.05) is 39.0 Å². The Morgan fingerprint density at radius 1 is 1.24 bits per heavy atom. The molecule has 0 radical (unpaired) electrons. The van der Waals surface area contributed by atoms with Gasteiger partial charge in [0.1, 0.15) is 11.6 Å². The molecule has 3 rings (SSSR count). The minimum Gasteiger partial charge on any atom is -0.490 e. The van der Waals surface area contributed by atoms with Gasteiger partial charge in [0.05, 0.1) is 23.2 Å². The topological polar surface area (TPSA) is 56.5 Å². The van der Waals surface area contributed by atoms with E-state index in [9.17, 15) is 4.79 Å². The molecule has 0 N–H and O–H groups in total. The number of fused-ring (bicyclic) bond motifs is 1. The van der Waals surface area contributed by atoms with Crippen molar-refractivity contribution in [2.75, 3.05) is 0 Å². The van der Waals surface area contributed by atoms with Crippen LogP contribution in [0.15, 0.2) is 50.8 Å². The fourth-order valence-electron chi connectivity index (χ4n) is 2.80. The number of nitrogens with zero attached hydrogens (tertiary/aromatic N) is 3. The maximum absolute atomic E-state index is 13.1. The first kappa shape index (κ1) is 21.5. The Morgan fingerprint density at radius 3 is 2.69 bits per heavy atom. The van der Waals surface area contributed by atoms with Crippen molar-refractivity contribution in [2.24, 2.45) is 5.10 Å². The van der Waals surface area contributed by atoms with E-state index in [4.69, 9.17) is 16.3 Å². The lowest BCUT2D eigenvalue weighted by atomic mass is 10.2. The first-order valence-electron chi connectivity index (χ1n) is 9.53. The zero-order chi connectivity index (χ0) is 21.1. The number of hydrogen-bond acceptors (Lipinski definition) is 4. The summed E-state index contributed by atoms with van der Waals surface area (Å²) in [6.45, 7) is 8.02. The minimum absolute atomic E-state index is 0.0168. The lowest BCUT2D eigenvalue weighted by Gasteiger charge is -2.15. The van der Waals surface area contributed by atoms with Crippen LogP contribution in [0, 0.1) is 0 Å². The van der Waals surface area contributed by atoms with E-state index in [0.29, 0.717) is 33.1 Å². The standard InChI is InChI=1S/C22H23BrClN3O2/c1-5-14(4)29-20-9-7-17(24)10-15(20)12-25-27-21(13(2)3)26-19-8-6-16(23)11-18(19)22(27)28/h6-14H,5H2,1-4H3/t14-/m1/s1. The normalized spacial score (nSPS) is 12.8. The molecule has 5 nitrogen and oxygen atoms in total. The molecule has 3 aromatic rings. The van der Waals surface area contributed by atoms with Crippen LogP contribution in [0.1, 0.15) is 51.4 Å². The molecule has 0 unspecified atom stereocenters. The number of ether oxygens (including phenoxy) is 1. The molecule has 29 heavy (non-hydrogen) atoms. The van der Waals surface area contributed by atoms with Crippen molar-refractivity contribution in [3.63, 3.8) is 0 Å². The molecule has 1 aromatic heterocycles. The summed E-state index contributed by atoms with van der Waals surface area (Å²) in [6, 6.07) is 10.8. The van der Waals surface area contributed by atoms with Gasteiger partial charge in [-0.15, -0.1) is 0 Å². The number of rotatable bonds is 6. The zero-order valence-corrected chi connectivity index (χ0v) is 19.2. The molecule has 0 spiro atoms. The van der Waals surface area contributed by atoms with Gasteiger partial charge in [0.2, 0.25) is 0 Å². The number of halogens is 2. The van der Waals surface area contributed by atoms with Gasteiger partial charge in [-0.05, 0) is 49.7 Å². The summed E-state index contributed by atoms with van der Waals surface area (Å²) >= 11 is 9.59. The Morgan fingerprint density at radius 2 is 2.00 bits per heavy atom. The summed E-state index contributed by atoms with van der Waals surface area (Å²) in [5.74, 6) is 1.28. The van der Waals surface area contributed by atoms with Crippen molar-refractivity contribution in [2.45, 2.75) is 46.1 Å². The van der Waals surface area contributed by atoms with Crippen molar-refractivity contribution in [1.29, 1.82) is 0 Å². The molecule has 152 valence electrons. The van der Waals surface area contributed by atoms with Gasteiger partial charge in [-0.1, -0.05) is 48.3 Å². The van der Waals surface area contributed by atoms with Gasteiger partial charge in [0.25, 0.3) is 5.56 Å². The van der Waals surface area contributed by atoms with Gasteiger partial charge in [-0.25, -0.2) is 4.98 Å². The molecule has 0 aliphatic rings. The van der Waals surface area contributed by atoms with E-state index in [2.05, 4.69) is 32.9 Å². The van der Waals surface area contributed by atoms with Crippen LogP contribution in [0.25, 0.3) is 10.9 Å². The van der Waals surface area contributed by atoms with Gasteiger partial charge in [-0.3, -0.25) is 4.79 Å². The third kappa shape index (κ3) is 4.87. The summed E-state index contributed by atoms with van der Waals surface area (Å²) in [6.07, 6.45) is 2.53. The molecule has 0 amide bonds. The second-order valence-corrected chi connectivity index (χ2v) is 8.52. The van der Waals surface area contributed by atoms with Crippen molar-refractivity contribution in [3.8, 4) is 5.75 Å². The van der Waals surface area contributed by atoms with Gasteiger partial charge >= 0.3 is 0 Å². The van der Waals surface area contributed by atoms with Crippen LogP contribution in [0.3, 0.4) is 0 Å². The van der Waals surface area contributed by atoms with Crippen molar-refractivity contribution in [1.82, 2.24) is 9.66 Å². The van der Waals surface area contributed by atoms with Crippen molar-refractivity contribution < 1.29 is 4.74 Å². The summed E-state index contributed by atoms with van der Waals surface area (Å²) in [5, 5.41) is 5.55. The molecule has 1 heterocycles. The second-order valence-electron chi connectivity index (χ2n) is 7.17. The molecule has 0 fully saturated rings. The van der Waals surface area contributed by atoms with E-state index >= 15 is 0 Å². The minimum atomic E-state index is -0.220. The van der Waals surface area contributed by atoms with Crippen LogP contribution in [0.5, 0.6) is 5.75 Å². The van der Waals surface area contributed by atoms with E-state index < -0.39 is 0 Å². The van der Waals surface area contributed by atoms with Crippen LogP contribution in [0.4, 0.5) is 0 Å². The predicted octanol–water partition coefficient (Wildman–Crippen LogP) is 6.00. The smallest absolute Gasteiger partial charge is 0.282 e. The van der Waals surface area contributed by atoms with Crippen molar-refractivity contribution >= 4 is 44.6 Å². The highest BCUT2D eigenvalue weighted by Gasteiger charge is 2.14. The maximum Gasteiger partial charge on any atom is 0.282 e.